The minimum Gasteiger partial charge on any atom is -0.321 e. The molecule has 11 heteroatoms. The molecule has 2 heterocycles. The van der Waals surface area contributed by atoms with E-state index in [1.54, 1.807) is 17.9 Å². The molecule has 2 amide bonds. The van der Waals surface area contributed by atoms with Gasteiger partial charge >= 0.3 is 18.4 Å². The van der Waals surface area contributed by atoms with Crippen molar-refractivity contribution in [2.45, 2.75) is 64.5 Å². The number of benzene rings is 2. The summed E-state index contributed by atoms with van der Waals surface area (Å²) in [5.41, 5.74) is -1.66. The number of nitrogens with zero attached hydrogens (tertiary/aromatic N) is 3. The summed E-state index contributed by atoms with van der Waals surface area (Å²) in [6.45, 7) is 8.38. The van der Waals surface area contributed by atoms with Crippen molar-refractivity contribution in [2.24, 2.45) is 11.8 Å². The van der Waals surface area contributed by atoms with Gasteiger partial charge < -0.3 is 14.7 Å². The fourth-order valence-electron chi connectivity index (χ4n) is 6.04. The molecule has 0 N–H and O–H groups in total. The van der Waals surface area contributed by atoms with Crippen LogP contribution in [0.5, 0.6) is 0 Å². The molecule has 2 aliphatic rings. The summed E-state index contributed by atoms with van der Waals surface area (Å²) < 4.78 is 94.9. The first-order valence-electron chi connectivity index (χ1n) is 13.9. The Labute approximate surface area is 236 Å². The molecule has 0 saturated carbocycles. The number of rotatable bonds is 5. The number of hydrogen-bond acceptors (Lipinski definition) is 2. The van der Waals surface area contributed by atoms with Gasteiger partial charge in [-0.2, -0.15) is 26.3 Å². The molecular weight excluding hydrogens is 551 g/mol. The Hall–Kier alpha value is -2.82. The fraction of sp³-hybridized carbons (Fsp3) is 0.567. The lowest BCUT2D eigenvalue weighted by molar-refractivity contribution is -0.143. The third-order valence-electron chi connectivity index (χ3n) is 8.66. The van der Waals surface area contributed by atoms with Gasteiger partial charge in [-0.25, -0.2) is 9.18 Å². The molecule has 3 unspecified atom stereocenters. The molecule has 41 heavy (non-hydrogen) atoms. The molecule has 4 rings (SSSR count). The van der Waals surface area contributed by atoms with Crippen LogP contribution in [-0.4, -0.2) is 54.0 Å². The van der Waals surface area contributed by atoms with Gasteiger partial charge in [0, 0.05) is 20.1 Å². The van der Waals surface area contributed by atoms with E-state index in [1.807, 2.05) is 0 Å². The minimum absolute atomic E-state index is 0.0330. The molecule has 4 nitrogen and oxygen atoms in total. The second kappa shape index (κ2) is 11.8. The van der Waals surface area contributed by atoms with Crippen molar-refractivity contribution >= 4 is 6.03 Å². The third kappa shape index (κ3) is 6.98. The summed E-state index contributed by atoms with van der Waals surface area (Å²) in [5, 5.41) is 0. The van der Waals surface area contributed by atoms with Gasteiger partial charge in [0.25, 0.3) is 0 Å². The number of likely N-dealkylation sites (tertiary alicyclic amines) is 2. The first kappa shape index (κ1) is 31.1. The lowest BCUT2D eigenvalue weighted by Gasteiger charge is -2.37. The molecule has 0 bridgehead atoms. The number of alkyl halides is 6. The van der Waals surface area contributed by atoms with E-state index in [-0.39, 0.29) is 17.5 Å². The number of carbonyl (C=O) groups is 1. The summed E-state index contributed by atoms with van der Waals surface area (Å²) in [7, 11) is 1.38. The van der Waals surface area contributed by atoms with E-state index in [9.17, 15) is 35.5 Å². The minimum atomic E-state index is -4.99. The van der Waals surface area contributed by atoms with Crippen LogP contribution in [0.15, 0.2) is 36.4 Å². The summed E-state index contributed by atoms with van der Waals surface area (Å²) in [6.07, 6.45) is -7.15. The average Bonchev–Trinajstić information content (AvgIpc) is 3.30. The van der Waals surface area contributed by atoms with Gasteiger partial charge in [-0.3, -0.25) is 0 Å². The number of hydrogen-bond donors (Lipinski definition) is 0. The molecule has 2 aromatic rings. The number of aryl methyl sites for hydroxylation is 1. The molecule has 0 radical (unpaired) electrons. The lowest BCUT2D eigenvalue weighted by atomic mass is 9.89. The third-order valence-corrected chi connectivity index (χ3v) is 8.66. The Kier molecular flexibility index (Phi) is 8.97. The first-order valence-corrected chi connectivity index (χ1v) is 13.9. The fourth-order valence-corrected chi connectivity index (χ4v) is 6.04. The van der Waals surface area contributed by atoms with Gasteiger partial charge in [0.1, 0.15) is 5.82 Å². The summed E-state index contributed by atoms with van der Waals surface area (Å²) in [4.78, 5) is 19.1. The predicted octanol–water partition coefficient (Wildman–Crippen LogP) is 8.08. The monoisotopic (exact) mass is 587 g/mol. The summed E-state index contributed by atoms with van der Waals surface area (Å²) in [6, 6.07) is 3.82. The Morgan fingerprint density at radius 2 is 1.54 bits per heavy atom. The normalized spacial score (nSPS) is 21.8. The first-order chi connectivity index (χ1) is 19.1. The van der Waals surface area contributed by atoms with Crippen LogP contribution in [0.4, 0.5) is 35.5 Å². The van der Waals surface area contributed by atoms with E-state index in [2.05, 4.69) is 11.8 Å². The van der Waals surface area contributed by atoms with Crippen molar-refractivity contribution < 1.29 is 35.5 Å². The van der Waals surface area contributed by atoms with E-state index in [0.717, 1.165) is 38.0 Å². The second-order valence-corrected chi connectivity index (χ2v) is 11.6. The average molecular weight is 588 g/mol. The molecule has 2 fully saturated rings. The SMILES string of the molecule is Cc1cc(F)ccc1C1C(CN2CCC(C)CC2)CCN1C(=O)N(C)C(C)c1cc(C(F)(F)F)cc(C(F)(F)F)c1. The van der Waals surface area contributed by atoms with E-state index in [1.165, 1.54) is 31.0 Å². The largest absolute Gasteiger partial charge is 0.416 e. The van der Waals surface area contributed by atoms with Crippen LogP contribution in [0, 0.1) is 24.6 Å². The topological polar surface area (TPSA) is 26.8 Å². The van der Waals surface area contributed by atoms with Crippen molar-refractivity contribution in [3.63, 3.8) is 0 Å². The Morgan fingerprint density at radius 1 is 0.951 bits per heavy atom. The molecule has 2 aromatic carbocycles. The number of carbonyl (C=O) groups excluding carboxylic acids is 1. The van der Waals surface area contributed by atoms with Crippen LogP contribution in [0.3, 0.4) is 0 Å². The standard InChI is InChI=1S/C30H36F7N3O/c1-18-7-10-39(11-8-18)17-21-9-12-40(27(21)26-6-5-25(31)13-19(26)2)28(41)38(4)20(3)22-14-23(29(32,33)34)16-24(15-22)30(35,36)37/h5-6,13-16,18,20-21,27H,7-12,17H2,1-4H3. The van der Waals surface area contributed by atoms with E-state index >= 15 is 0 Å². The molecule has 226 valence electrons. The highest BCUT2D eigenvalue weighted by Crippen LogP contribution is 2.42. The number of urea groups is 1. The predicted molar refractivity (Wildman–Crippen MR) is 142 cm³/mol. The van der Waals surface area contributed by atoms with Gasteiger partial charge in [-0.1, -0.05) is 13.0 Å². The highest BCUT2D eigenvalue weighted by Gasteiger charge is 2.42. The van der Waals surface area contributed by atoms with E-state index in [4.69, 9.17) is 0 Å². The van der Waals surface area contributed by atoms with Crippen molar-refractivity contribution in [3.05, 3.63) is 70.0 Å². The van der Waals surface area contributed by atoms with Crippen LogP contribution in [0.2, 0.25) is 0 Å². The number of piperidine rings is 1. The Morgan fingerprint density at radius 3 is 2.07 bits per heavy atom. The van der Waals surface area contributed by atoms with E-state index < -0.39 is 47.4 Å². The van der Waals surface area contributed by atoms with Crippen molar-refractivity contribution in [1.29, 1.82) is 0 Å². The smallest absolute Gasteiger partial charge is 0.321 e. The van der Waals surface area contributed by atoms with Gasteiger partial charge in [0.2, 0.25) is 0 Å². The van der Waals surface area contributed by atoms with Crippen molar-refractivity contribution in [1.82, 2.24) is 14.7 Å². The molecule has 3 atom stereocenters. The number of amides is 2. The lowest BCUT2D eigenvalue weighted by Crippen LogP contribution is -2.44. The Bertz CT molecular complexity index is 1210. The molecular formula is C30H36F7N3O. The quantitative estimate of drug-likeness (QED) is 0.331. The molecule has 0 spiro atoms. The Balaban J connectivity index is 1.64. The van der Waals surface area contributed by atoms with E-state index in [0.29, 0.717) is 36.6 Å². The zero-order valence-corrected chi connectivity index (χ0v) is 23.6. The zero-order chi connectivity index (χ0) is 30.3. The van der Waals surface area contributed by atoms with Crippen LogP contribution in [-0.2, 0) is 12.4 Å². The molecule has 2 saturated heterocycles. The number of halogens is 7. The van der Waals surface area contributed by atoms with Crippen LogP contribution < -0.4 is 0 Å². The maximum atomic E-state index is 14.0. The second-order valence-electron chi connectivity index (χ2n) is 11.6. The van der Waals surface area contributed by atoms with Crippen LogP contribution in [0.1, 0.15) is 73.0 Å². The van der Waals surface area contributed by atoms with Crippen LogP contribution in [0.25, 0.3) is 0 Å². The maximum Gasteiger partial charge on any atom is 0.416 e. The molecule has 0 aliphatic carbocycles. The maximum absolute atomic E-state index is 14.0. The summed E-state index contributed by atoms with van der Waals surface area (Å²) in [5.74, 6) is 0.275. The van der Waals surface area contributed by atoms with Crippen molar-refractivity contribution in [3.8, 4) is 0 Å². The molecule has 0 aromatic heterocycles. The zero-order valence-electron chi connectivity index (χ0n) is 23.6. The van der Waals surface area contributed by atoms with Gasteiger partial charge in [0.05, 0.1) is 23.2 Å². The van der Waals surface area contributed by atoms with Crippen LogP contribution >= 0.6 is 0 Å². The van der Waals surface area contributed by atoms with Gasteiger partial charge in [0.15, 0.2) is 0 Å². The highest BCUT2D eigenvalue weighted by molar-refractivity contribution is 5.76. The van der Waals surface area contributed by atoms with Gasteiger partial charge in [-0.05, 0) is 105 Å². The summed E-state index contributed by atoms with van der Waals surface area (Å²) >= 11 is 0. The molecule has 2 aliphatic heterocycles. The van der Waals surface area contributed by atoms with Gasteiger partial charge in [-0.15, -0.1) is 0 Å². The highest BCUT2D eigenvalue weighted by atomic mass is 19.4. The van der Waals surface area contributed by atoms with Crippen molar-refractivity contribution in [2.75, 3.05) is 33.2 Å².